The Morgan fingerprint density at radius 2 is 1.80 bits per heavy atom. The maximum Gasteiger partial charge on any atom is 0.393 e. The highest BCUT2D eigenvalue weighted by atomic mass is 79.9. The van der Waals surface area contributed by atoms with Crippen LogP contribution in [0.1, 0.15) is 38.5 Å². The number of rotatable bonds is 4. The number of carbonyl (C=O) groups is 3. The molecule has 10 atom stereocenters. The van der Waals surface area contributed by atoms with Gasteiger partial charge in [-0.2, -0.15) is 13.2 Å². The lowest BCUT2D eigenvalue weighted by molar-refractivity contribution is -0.205. The molecule has 0 aromatic carbocycles. The molecule has 4 heterocycles. The van der Waals surface area contributed by atoms with Gasteiger partial charge >= 0.3 is 6.18 Å². The number of nitrogens with zero attached hydrogens (tertiary/aromatic N) is 2. The fourth-order valence-electron chi connectivity index (χ4n) is 8.21. The zero-order valence-corrected chi connectivity index (χ0v) is 24.3. The lowest BCUT2D eigenvalue weighted by atomic mass is 9.74. The van der Waals surface area contributed by atoms with Crippen LogP contribution < -0.4 is 10.6 Å². The third kappa shape index (κ3) is 5.79. The van der Waals surface area contributed by atoms with E-state index in [9.17, 15) is 31.9 Å². The van der Waals surface area contributed by atoms with E-state index in [4.69, 9.17) is 4.74 Å². The molecule has 4 aliphatic heterocycles. The molecule has 228 valence electrons. The summed E-state index contributed by atoms with van der Waals surface area (Å²) >= 11 is 3.42. The largest absolute Gasteiger partial charge is 0.393 e. The van der Waals surface area contributed by atoms with Gasteiger partial charge in [0.15, 0.2) is 0 Å². The highest BCUT2D eigenvalue weighted by Gasteiger charge is 2.56. The summed E-state index contributed by atoms with van der Waals surface area (Å²) in [5.41, 5.74) is 0.240. The summed E-state index contributed by atoms with van der Waals surface area (Å²) in [5, 5.41) is 5.56. The summed E-state index contributed by atoms with van der Waals surface area (Å²) in [6, 6.07) is -2.20. The van der Waals surface area contributed by atoms with Crippen LogP contribution in [0.2, 0.25) is 0 Å². The average Bonchev–Trinajstić information content (AvgIpc) is 3.64. The van der Waals surface area contributed by atoms with Crippen molar-refractivity contribution in [2.75, 3.05) is 39.4 Å². The number of carbonyl (C=O) groups excluding carboxylic acids is 3. The van der Waals surface area contributed by atoms with Crippen molar-refractivity contribution in [3.05, 3.63) is 11.6 Å². The second-order valence-corrected chi connectivity index (χ2v) is 14.1. The Bertz CT molecular complexity index is 1080. The van der Waals surface area contributed by atoms with Crippen LogP contribution in [-0.2, 0) is 19.1 Å². The Morgan fingerprint density at radius 3 is 2.51 bits per heavy atom. The van der Waals surface area contributed by atoms with Crippen LogP contribution in [0.4, 0.5) is 17.6 Å². The molecule has 9 unspecified atom stereocenters. The van der Waals surface area contributed by atoms with Crippen molar-refractivity contribution in [3.8, 4) is 0 Å². The summed E-state index contributed by atoms with van der Waals surface area (Å²) in [6.07, 6.45) is -2.32. The van der Waals surface area contributed by atoms with Gasteiger partial charge in [-0.05, 0) is 38.5 Å². The second kappa shape index (κ2) is 11.4. The predicted octanol–water partition coefficient (Wildman–Crippen LogP) is 2.57. The van der Waals surface area contributed by atoms with Crippen molar-refractivity contribution < 1.29 is 36.7 Å². The normalized spacial score (nSPS) is 41.4. The van der Waals surface area contributed by atoms with E-state index in [0.717, 1.165) is 0 Å². The van der Waals surface area contributed by atoms with Gasteiger partial charge in [0.1, 0.15) is 6.17 Å². The van der Waals surface area contributed by atoms with Crippen LogP contribution >= 0.6 is 15.9 Å². The van der Waals surface area contributed by atoms with Crippen molar-refractivity contribution in [1.29, 1.82) is 0 Å². The third-order valence-corrected chi connectivity index (χ3v) is 10.9. The van der Waals surface area contributed by atoms with Crippen LogP contribution in [0.25, 0.3) is 0 Å². The van der Waals surface area contributed by atoms with E-state index in [-0.39, 0.29) is 36.3 Å². The van der Waals surface area contributed by atoms with Crippen molar-refractivity contribution in [2.45, 2.75) is 73.8 Å². The summed E-state index contributed by atoms with van der Waals surface area (Å²) in [4.78, 5) is 42.4. The average molecular weight is 650 g/mol. The summed E-state index contributed by atoms with van der Waals surface area (Å²) in [5.74, 6) is -3.65. The van der Waals surface area contributed by atoms with Gasteiger partial charge < -0.3 is 20.3 Å². The van der Waals surface area contributed by atoms with Crippen molar-refractivity contribution in [1.82, 2.24) is 20.4 Å². The monoisotopic (exact) mass is 648 g/mol. The smallest absolute Gasteiger partial charge is 0.381 e. The van der Waals surface area contributed by atoms with Gasteiger partial charge in [0, 0.05) is 72.5 Å². The number of nitrogens with one attached hydrogen (secondary N) is 2. The van der Waals surface area contributed by atoms with Crippen LogP contribution in [-0.4, -0.2) is 102 Å². The lowest BCUT2D eigenvalue weighted by Crippen LogP contribution is -2.58. The number of fused-ring (bicyclic) bond motifs is 2. The molecule has 2 saturated carbocycles. The van der Waals surface area contributed by atoms with Gasteiger partial charge in [-0.1, -0.05) is 15.9 Å². The summed E-state index contributed by atoms with van der Waals surface area (Å²) in [6.45, 7) is 2.68. The first-order valence-electron chi connectivity index (χ1n) is 14.8. The van der Waals surface area contributed by atoms with Gasteiger partial charge in [0.25, 0.3) is 0 Å². The second-order valence-electron chi connectivity index (χ2n) is 12.8. The Morgan fingerprint density at radius 1 is 1.07 bits per heavy atom. The quantitative estimate of drug-likeness (QED) is 0.361. The maximum absolute atomic E-state index is 14.5. The molecule has 2 aliphatic carbocycles. The minimum atomic E-state index is -4.48. The summed E-state index contributed by atoms with van der Waals surface area (Å²) < 4.78 is 63.4. The molecule has 5 fully saturated rings. The van der Waals surface area contributed by atoms with Gasteiger partial charge in [-0.3, -0.25) is 19.3 Å². The Labute approximate surface area is 245 Å². The maximum atomic E-state index is 14.5. The number of hydrogen-bond donors (Lipinski definition) is 2. The van der Waals surface area contributed by atoms with Crippen molar-refractivity contribution in [2.24, 2.45) is 29.6 Å². The van der Waals surface area contributed by atoms with E-state index >= 15 is 0 Å². The SMILES string of the molecule is O=C1C=C(C(=O)N[C@@H]2CCN(C3C(C(=O)N4CC5COCC5C4)CC(Br)CC3C(F)(F)F)C2)C2CCCC(F)C2N1. The number of alkyl halides is 5. The van der Waals surface area contributed by atoms with E-state index in [1.807, 2.05) is 0 Å². The molecule has 3 saturated heterocycles. The van der Waals surface area contributed by atoms with Gasteiger partial charge in [-0.15, -0.1) is 0 Å². The first-order valence-corrected chi connectivity index (χ1v) is 15.7. The molecule has 0 radical (unpaired) electrons. The van der Waals surface area contributed by atoms with Crippen LogP contribution in [0.15, 0.2) is 11.6 Å². The van der Waals surface area contributed by atoms with Gasteiger partial charge in [0.05, 0.1) is 31.1 Å². The molecule has 8 nitrogen and oxygen atoms in total. The molecule has 3 amide bonds. The lowest BCUT2D eigenvalue weighted by Gasteiger charge is -2.46. The molecular weight excluding hydrogens is 612 g/mol. The number of hydrogen-bond acceptors (Lipinski definition) is 5. The van der Waals surface area contributed by atoms with E-state index in [0.29, 0.717) is 65.0 Å². The van der Waals surface area contributed by atoms with Crippen LogP contribution in [0, 0.1) is 29.6 Å². The topological polar surface area (TPSA) is 91.0 Å². The fourth-order valence-corrected chi connectivity index (χ4v) is 9.01. The first-order chi connectivity index (χ1) is 19.5. The van der Waals surface area contributed by atoms with E-state index in [1.54, 1.807) is 9.80 Å². The van der Waals surface area contributed by atoms with Crippen LogP contribution in [0.5, 0.6) is 0 Å². The number of ether oxygens (including phenoxy) is 1. The van der Waals surface area contributed by atoms with E-state index < -0.39 is 64.9 Å². The number of likely N-dealkylation sites (tertiary alicyclic amines) is 2. The molecule has 13 heteroatoms. The van der Waals surface area contributed by atoms with Crippen molar-refractivity contribution >= 4 is 33.7 Å². The molecule has 2 N–H and O–H groups in total. The molecule has 6 aliphatic rings. The fraction of sp³-hybridized carbons (Fsp3) is 0.821. The third-order valence-electron chi connectivity index (χ3n) is 10.2. The number of amides is 3. The molecule has 0 bridgehead atoms. The minimum Gasteiger partial charge on any atom is -0.381 e. The van der Waals surface area contributed by atoms with E-state index in [1.165, 1.54) is 6.08 Å². The van der Waals surface area contributed by atoms with Crippen molar-refractivity contribution in [3.63, 3.8) is 0 Å². The molecule has 0 aromatic heterocycles. The molecular formula is C28H37BrF4N4O4. The van der Waals surface area contributed by atoms with Crippen LogP contribution in [0.3, 0.4) is 0 Å². The minimum absolute atomic E-state index is 0.111. The van der Waals surface area contributed by atoms with E-state index in [2.05, 4.69) is 26.6 Å². The predicted molar refractivity (Wildman–Crippen MR) is 144 cm³/mol. The standard InChI is InChI=1S/C28H37BrF4N4O4/c29-16-6-20(27(40)37-9-14-12-41-13-15(14)10-37)25(21(7-16)28(31,32)33)36-5-4-17(11-36)34-26(39)19-8-23(38)35-24-18(19)2-1-3-22(24)30/h8,14-18,20-22,24-25H,1-7,9-13H2,(H,34,39)(H,35,38)/t14?,15?,16?,17-,18?,20?,21?,22?,24?,25?/m1/s1. The molecule has 6 rings (SSSR count). The zero-order valence-electron chi connectivity index (χ0n) is 22.8. The molecule has 41 heavy (non-hydrogen) atoms. The molecule has 0 aromatic rings. The zero-order chi connectivity index (χ0) is 29.1. The van der Waals surface area contributed by atoms with Gasteiger partial charge in [-0.25, -0.2) is 4.39 Å². The summed E-state index contributed by atoms with van der Waals surface area (Å²) in [7, 11) is 0. The first kappa shape index (κ1) is 29.3. The highest BCUT2D eigenvalue weighted by molar-refractivity contribution is 9.09. The van der Waals surface area contributed by atoms with Gasteiger partial charge in [0.2, 0.25) is 17.7 Å². The number of halogens is 5. The Balaban J connectivity index is 1.17. The Kier molecular flexibility index (Phi) is 8.16. The highest BCUT2D eigenvalue weighted by Crippen LogP contribution is 2.46. The molecule has 0 spiro atoms. The Hall–Kier alpha value is -1.73.